The number of carbonyl (C=O) groups excluding carboxylic acids is 1. The van der Waals surface area contributed by atoms with Crippen molar-refractivity contribution in [2.75, 3.05) is 25.6 Å². The van der Waals surface area contributed by atoms with Gasteiger partial charge >= 0.3 is 0 Å². The highest BCUT2D eigenvalue weighted by Crippen LogP contribution is 2.25. The van der Waals surface area contributed by atoms with E-state index in [4.69, 9.17) is 16.3 Å². The van der Waals surface area contributed by atoms with Crippen LogP contribution >= 0.6 is 11.6 Å². The largest absolute Gasteiger partial charge is 0.379 e. The third kappa shape index (κ3) is 2.90. The Balaban J connectivity index is 2.16. The number of amides is 1. The molecule has 0 radical (unpaired) electrons. The molecule has 5 heteroatoms. The van der Waals surface area contributed by atoms with Crippen molar-refractivity contribution >= 4 is 23.2 Å². The van der Waals surface area contributed by atoms with Gasteiger partial charge in [-0.3, -0.25) is 4.79 Å². The van der Waals surface area contributed by atoms with Crippen LogP contribution in [0.2, 0.25) is 5.02 Å². The van der Waals surface area contributed by atoms with Gasteiger partial charge in [-0.25, -0.2) is 0 Å². The molecule has 0 saturated carbocycles. The van der Waals surface area contributed by atoms with Crippen molar-refractivity contribution in [1.29, 1.82) is 0 Å². The van der Waals surface area contributed by atoms with Gasteiger partial charge in [0.25, 0.3) is 5.91 Å². The summed E-state index contributed by atoms with van der Waals surface area (Å²) in [4.78, 5) is 11.5. The number of halogens is 1. The molecule has 0 aromatic heterocycles. The van der Waals surface area contributed by atoms with Crippen LogP contribution in [0.1, 0.15) is 16.8 Å². The molecule has 1 heterocycles. The lowest BCUT2D eigenvalue weighted by atomic mass is 10.1. The van der Waals surface area contributed by atoms with E-state index in [0.29, 0.717) is 17.2 Å². The van der Waals surface area contributed by atoms with Crippen molar-refractivity contribution in [3.63, 3.8) is 0 Å². The minimum Gasteiger partial charge on any atom is -0.379 e. The summed E-state index contributed by atoms with van der Waals surface area (Å²) in [5.41, 5.74) is 1.38. The van der Waals surface area contributed by atoms with Crippen molar-refractivity contribution in [2.45, 2.75) is 12.5 Å². The molecule has 1 unspecified atom stereocenters. The quantitative estimate of drug-likeness (QED) is 0.866. The van der Waals surface area contributed by atoms with Crippen molar-refractivity contribution in [3.8, 4) is 0 Å². The fourth-order valence-electron chi connectivity index (χ4n) is 1.79. The smallest absolute Gasteiger partial charge is 0.251 e. The van der Waals surface area contributed by atoms with Crippen LogP contribution in [0.15, 0.2) is 18.2 Å². The van der Waals surface area contributed by atoms with Crippen molar-refractivity contribution in [3.05, 3.63) is 28.8 Å². The molecular formula is C12H15ClN2O2. The molecule has 0 spiro atoms. The van der Waals surface area contributed by atoms with E-state index < -0.39 is 0 Å². The number of carbonyl (C=O) groups is 1. The lowest BCUT2D eigenvalue weighted by Gasteiger charge is -2.14. The number of rotatable bonds is 3. The van der Waals surface area contributed by atoms with Crippen LogP contribution in [0.4, 0.5) is 5.69 Å². The topological polar surface area (TPSA) is 50.4 Å². The maximum atomic E-state index is 11.5. The Morgan fingerprint density at radius 2 is 2.35 bits per heavy atom. The summed E-state index contributed by atoms with van der Waals surface area (Å²) < 4.78 is 5.28. The Kier molecular flexibility index (Phi) is 3.86. The molecule has 0 aliphatic carbocycles. The highest BCUT2D eigenvalue weighted by Gasteiger charge is 2.17. The van der Waals surface area contributed by atoms with E-state index in [9.17, 15) is 4.79 Å². The van der Waals surface area contributed by atoms with Crippen LogP contribution in [0.5, 0.6) is 0 Å². The van der Waals surface area contributed by atoms with Gasteiger partial charge in [0.15, 0.2) is 0 Å². The number of hydrogen-bond donors (Lipinski definition) is 2. The predicted molar refractivity (Wildman–Crippen MR) is 67.7 cm³/mol. The number of ether oxygens (including phenoxy) is 1. The molecule has 0 bridgehead atoms. The summed E-state index contributed by atoms with van der Waals surface area (Å²) in [7, 11) is 1.61. The first-order valence-corrected chi connectivity index (χ1v) is 5.94. The van der Waals surface area contributed by atoms with Gasteiger partial charge in [-0.05, 0) is 24.6 Å². The highest BCUT2D eigenvalue weighted by molar-refractivity contribution is 6.33. The SMILES string of the molecule is CNC(=O)c1ccc(Cl)c(NC2CCOC2)c1. The number of nitrogens with one attached hydrogen (secondary N) is 2. The number of benzene rings is 1. The molecule has 4 nitrogen and oxygen atoms in total. The van der Waals surface area contributed by atoms with Crippen LogP contribution < -0.4 is 10.6 Å². The predicted octanol–water partition coefficient (Wildman–Crippen LogP) is 1.90. The molecule has 1 amide bonds. The Hall–Kier alpha value is -1.26. The van der Waals surface area contributed by atoms with Crippen LogP contribution in [-0.2, 0) is 4.74 Å². The summed E-state index contributed by atoms with van der Waals surface area (Å²) in [5, 5.41) is 6.49. The fraction of sp³-hybridized carbons (Fsp3) is 0.417. The van der Waals surface area contributed by atoms with Gasteiger partial charge in [0.1, 0.15) is 0 Å². The van der Waals surface area contributed by atoms with Gasteiger partial charge in [0, 0.05) is 19.2 Å². The molecule has 2 N–H and O–H groups in total. The Morgan fingerprint density at radius 3 is 3.00 bits per heavy atom. The lowest BCUT2D eigenvalue weighted by molar-refractivity contribution is 0.0963. The van der Waals surface area contributed by atoms with Gasteiger partial charge < -0.3 is 15.4 Å². The van der Waals surface area contributed by atoms with Crippen LogP contribution in [0, 0.1) is 0 Å². The lowest BCUT2D eigenvalue weighted by Crippen LogP contribution is -2.21. The van der Waals surface area contributed by atoms with E-state index in [-0.39, 0.29) is 11.9 Å². The number of anilines is 1. The van der Waals surface area contributed by atoms with Crippen LogP contribution in [0.25, 0.3) is 0 Å². The third-order valence-corrected chi connectivity index (χ3v) is 3.07. The average Bonchev–Trinajstić information content (AvgIpc) is 2.84. The molecule has 92 valence electrons. The van der Waals surface area contributed by atoms with Gasteiger partial charge in [-0.1, -0.05) is 11.6 Å². The summed E-state index contributed by atoms with van der Waals surface area (Å²) in [6.45, 7) is 1.45. The summed E-state index contributed by atoms with van der Waals surface area (Å²) in [5.74, 6) is -0.118. The molecule has 1 aromatic rings. The molecule has 1 aliphatic rings. The fourth-order valence-corrected chi connectivity index (χ4v) is 1.96. The van der Waals surface area contributed by atoms with Gasteiger partial charge in [0.05, 0.1) is 23.4 Å². The normalized spacial score (nSPS) is 19.1. The second-order valence-corrected chi connectivity index (χ2v) is 4.39. The van der Waals surface area contributed by atoms with Crippen molar-refractivity contribution in [1.82, 2.24) is 5.32 Å². The molecule has 1 fully saturated rings. The Bertz CT molecular complexity index is 417. The molecule has 17 heavy (non-hydrogen) atoms. The zero-order valence-corrected chi connectivity index (χ0v) is 10.4. The van der Waals surface area contributed by atoms with Gasteiger partial charge in [-0.15, -0.1) is 0 Å². The summed E-state index contributed by atoms with van der Waals surface area (Å²) in [6, 6.07) is 5.47. The molecule has 2 rings (SSSR count). The second kappa shape index (κ2) is 5.38. The van der Waals surface area contributed by atoms with E-state index >= 15 is 0 Å². The van der Waals surface area contributed by atoms with Gasteiger partial charge in [-0.2, -0.15) is 0 Å². The first kappa shape index (κ1) is 12.2. The minimum absolute atomic E-state index is 0.118. The van der Waals surface area contributed by atoms with E-state index in [2.05, 4.69) is 10.6 Å². The Morgan fingerprint density at radius 1 is 1.53 bits per heavy atom. The van der Waals surface area contributed by atoms with E-state index in [1.165, 1.54) is 0 Å². The molecule has 1 aliphatic heterocycles. The zero-order valence-electron chi connectivity index (χ0n) is 9.63. The maximum Gasteiger partial charge on any atom is 0.251 e. The zero-order chi connectivity index (χ0) is 12.3. The summed E-state index contributed by atoms with van der Waals surface area (Å²) in [6.07, 6.45) is 0.959. The monoisotopic (exact) mass is 254 g/mol. The van der Waals surface area contributed by atoms with E-state index in [1.807, 2.05) is 0 Å². The third-order valence-electron chi connectivity index (χ3n) is 2.74. The first-order chi connectivity index (χ1) is 8.20. The first-order valence-electron chi connectivity index (χ1n) is 5.56. The van der Waals surface area contributed by atoms with Crippen LogP contribution in [-0.4, -0.2) is 32.2 Å². The van der Waals surface area contributed by atoms with E-state index in [1.54, 1.807) is 25.2 Å². The minimum atomic E-state index is -0.118. The highest BCUT2D eigenvalue weighted by atomic mass is 35.5. The molecule has 1 saturated heterocycles. The van der Waals surface area contributed by atoms with Crippen molar-refractivity contribution < 1.29 is 9.53 Å². The maximum absolute atomic E-state index is 11.5. The van der Waals surface area contributed by atoms with Gasteiger partial charge in [0.2, 0.25) is 0 Å². The summed E-state index contributed by atoms with van der Waals surface area (Å²) >= 11 is 6.09. The number of hydrogen-bond acceptors (Lipinski definition) is 3. The van der Waals surface area contributed by atoms with Crippen molar-refractivity contribution in [2.24, 2.45) is 0 Å². The standard InChI is InChI=1S/C12H15ClN2O2/c1-14-12(16)8-2-3-10(13)11(6-8)15-9-4-5-17-7-9/h2-3,6,9,15H,4-5,7H2,1H3,(H,14,16). The molecule has 1 atom stereocenters. The van der Waals surface area contributed by atoms with Crippen LogP contribution in [0.3, 0.4) is 0 Å². The molecule has 1 aromatic carbocycles. The second-order valence-electron chi connectivity index (χ2n) is 3.98. The van der Waals surface area contributed by atoms with E-state index in [0.717, 1.165) is 18.7 Å². The Labute approximate surface area is 105 Å². The average molecular weight is 255 g/mol. The molecular weight excluding hydrogens is 240 g/mol.